The van der Waals surface area contributed by atoms with Crippen LogP contribution in [-0.4, -0.2) is 65.0 Å². The molecule has 31 heavy (non-hydrogen) atoms. The maximum Gasteiger partial charge on any atom is 0.121 e. The minimum atomic E-state index is -0.972. The smallest absolute Gasteiger partial charge is 0.121 e. The number of aliphatic hydroxyl groups is 2. The maximum atomic E-state index is 9.79. The fourth-order valence-electron chi connectivity index (χ4n) is 3.97. The molecule has 168 valence electrons. The van der Waals surface area contributed by atoms with Crippen LogP contribution in [-0.2, 0) is 13.1 Å². The van der Waals surface area contributed by atoms with Crippen LogP contribution >= 0.6 is 11.3 Å². The van der Waals surface area contributed by atoms with E-state index in [1.165, 1.54) is 10.4 Å². The standard InChI is InChI=1S/C25H34N2O3S/c1-19-15-20(5-8-24(19)30-4)16-27-13-12-26(17-21(27)10-14-28)18-23-7-6-22(31-23)9-11-25(2,3)29/h5-8,15,21,28-29H,10,12-14,16-18H2,1-4H3/t21-/m1/s1. The number of methoxy groups -OCH3 is 1. The van der Waals surface area contributed by atoms with Crippen molar-refractivity contribution in [3.63, 3.8) is 0 Å². The first-order valence-corrected chi connectivity index (χ1v) is 11.6. The fourth-order valence-corrected chi connectivity index (χ4v) is 4.87. The molecule has 2 aromatic rings. The number of hydrogen-bond acceptors (Lipinski definition) is 6. The molecule has 1 atom stereocenters. The van der Waals surface area contributed by atoms with Crippen molar-refractivity contribution in [3.8, 4) is 17.6 Å². The summed E-state index contributed by atoms with van der Waals surface area (Å²) >= 11 is 1.69. The van der Waals surface area contributed by atoms with Crippen molar-refractivity contribution in [1.29, 1.82) is 0 Å². The molecule has 1 aliphatic rings. The number of hydrogen-bond donors (Lipinski definition) is 2. The van der Waals surface area contributed by atoms with Gasteiger partial charge in [-0.05, 0) is 56.5 Å². The van der Waals surface area contributed by atoms with Gasteiger partial charge in [0, 0.05) is 50.2 Å². The molecular weight excluding hydrogens is 408 g/mol. The molecule has 0 bridgehead atoms. The highest BCUT2D eigenvalue weighted by atomic mass is 32.1. The number of nitrogens with zero attached hydrogens (tertiary/aromatic N) is 2. The summed E-state index contributed by atoms with van der Waals surface area (Å²) in [6.45, 7) is 10.4. The van der Waals surface area contributed by atoms with Crippen molar-refractivity contribution in [2.45, 2.75) is 51.9 Å². The van der Waals surface area contributed by atoms with Gasteiger partial charge in [-0.2, -0.15) is 0 Å². The third-order valence-corrected chi connectivity index (χ3v) is 6.51. The second-order valence-corrected chi connectivity index (χ2v) is 9.92. The molecule has 3 rings (SSSR count). The quantitative estimate of drug-likeness (QED) is 0.645. The Bertz CT molecular complexity index is 923. The van der Waals surface area contributed by atoms with Crippen LogP contribution in [0.2, 0.25) is 0 Å². The zero-order valence-electron chi connectivity index (χ0n) is 19.0. The SMILES string of the molecule is COc1ccc(CN2CCN(Cc3ccc(C#CC(C)(C)O)s3)C[C@H]2CCO)cc1C. The van der Waals surface area contributed by atoms with Crippen LogP contribution in [0.4, 0.5) is 0 Å². The summed E-state index contributed by atoms with van der Waals surface area (Å²) in [5.41, 5.74) is 1.46. The molecule has 1 fully saturated rings. The molecule has 0 unspecified atom stereocenters. The molecule has 0 spiro atoms. The topological polar surface area (TPSA) is 56.2 Å². The predicted molar refractivity (Wildman–Crippen MR) is 126 cm³/mol. The van der Waals surface area contributed by atoms with Crippen LogP contribution in [0.1, 0.15) is 41.1 Å². The van der Waals surface area contributed by atoms with Gasteiger partial charge in [0.1, 0.15) is 11.4 Å². The summed E-state index contributed by atoms with van der Waals surface area (Å²) in [6, 6.07) is 10.9. The summed E-state index contributed by atoms with van der Waals surface area (Å²) in [6.07, 6.45) is 0.776. The van der Waals surface area contributed by atoms with E-state index in [0.29, 0.717) is 6.04 Å². The second-order valence-electron chi connectivity index (χ2n) is 8.75. The van der Waals surface area contributed by atoms with Gasteiger partial charge in [-0.25, -0.2) is 0 Å². The average molecular weight is 443 g/mol. The van der Waals surface area contributed by atoms with Gasteiger partial charge in [0.2, 0.25) is 0 Å². The highest BCUT2D eigenvalue weighted by molar-refractivity contribution is 7.12. The first-order valence-electron chi connectivity index (χ1n) is 10.8. The number of aryl methyl sites for hydroxylation is 1. The van der Waals surface area contributed by atoms with Crippen molar-refractivity contribution in [2.24, 2.45) is 0 Å². The summed E-state index contributed by atoms with van der Waals surface area (Å²) in [5, 5.41) is 19.4. The van der Waals surface area contributed by atoms with E-state index in [0.717, 1.165) is 55.3 Å². The Morgan fingerprint density at radius 1 is 1.19 bits per heavy atom. The lowest BCUT2D eigenvalue weighted by molar-refractivity contribution is 0.0504. The zero-order valence-corrected chi connectivity index (χ0v) is 19.8. The van der Waals surface area contributed by atoms with Crippen LogP contribution < -0.4 is 4.74 Å². The summed E-state index contributed by atoms with van der Waals surface area (Å²) in [4.78, 5) is 7.22. The largest absolute Gasteiger partial charge is 0.496 e. The Morgan fingerprint density at radius 2 is 2.00 bits per heavy atom. The third-order valence-electron chi connectivity index (χ3n) is 5.53. The van der Waals surface area contributed by atoms with Crippen LogP contribution in [0.15, 0.2) is 30.3 Å². The van der Waals surface area contributed by atoms with Crippen LogP contribution in [0, 0.1) is 18.8 Å². The molecule has 1 aliphatic heterocycles. The van der Waals surface area contributed by atoms with E-state index >= 15 is 0 Å². The van der Waals surface area contributed by atoms with Gasteiger partial charge in [-0.3, -0.25) is 9.80 Å². The van der Waals surface area contributed by atoms with Crippen LogP contribution in [0.25, 0.3) is 0 Å². The van der Waals surface area contributed by atoms with Crippen LogP contribution in [0.3, 0.4) is 0 Å². The van der Waals surface area contributed by atoms with Gasteiger partial charge in [-0.15, -0.1) is 11.3 Å². The maximum absolute atomic E-state index is 9.79. The highest BCUT2D eigenvalue weighted by Gasteiger charge is 2.27. The number of ether oxygens (including phenoxy) is 1. The van der Waals surface area contributed by atoms with Crippen molar-refractivity contribution in [2.75, 3.05) is 33.4 Å². The van der Waals surface area contributed by atoms with Gasteiger partial charge in [0.05, 0.1) is 12.0 Å². The first-order chi connectivity index (χ1) is 14.8. The second kappa shape index (κ2) is 10.6. The van der Waals surface area contributed by atoms with Gasteiger partial charge in [0.15, 0.2) is 0 Å². The molecule has 1 aromatic carbocycles. The number of piperazine rings is 1. The molecule has 0 aliphatic carbocycles. The van der Waals surface area contributed by atoms with Crippen LogP contribution in [0.5, 0.6) is 5.75 Å². The molecule has 0 saturated carbocycles. The normalized spacial score (nSPS) is 17.9. The van der Waals surface area contributed by atoms with E-state index < -0.39 is 5.60 Å². The Hall–Kier alpha value is -1.88. The predicted octanol–water partition coefficient (Wildman–Crippen LogP) is 3.26. The van der Waals surface area contributed by atoms with E-state index in [4.69, 9.17) is 4.74 Å². The fraction of sp³-hybridized carbons (Fsp3) is 0.520. The molecule has 2 N–H and O–H groups in total. The van der Waals surface area contributed by atoms with Gasteiger partial charge in [0.25, 0.3) is 0 Å². The van der Waals surface area contributed by atoms with Crippen molar-refractivity contribution in [1.82, 2.24) is 9.80 Å². The van der Waals surface area contributed by atoms with Gasteiger partial charge < -0.3 is 14.9 Å². The number of rotatable bonds is 7. The minimum Gasteiger partial charge on any atom is -0.496 e. The zero-order chi connectivity index (χ0) is 22.4. The Balaban J connectivity index is 1.61. The first kappa shape index (κ1) is 23.8. The monoisotopic (exact) mass is 442 g/mol. The summed E-state index contributed by atoms with van der Waals surface area (Å²) in [7, 11) is 1.70. The Morgan fingerprint density at radius 3 is 2.68 bits per heavy atom. The van der Waals surface area contributed by atoms with E-state index in [-0.39, 0.29) is 6.61 Å². The Kier molecular flexibility index (Phi) is 8.15. The lowest BCUT2D eigenvalue weighted by Gasteiger charge is -2.41. The van der Waals surface area contributed by atoms with Gasteiger partial charge in [-0.1, -0.05) is 24.0 Å². The molecule has 6 heteroatoms. The van der Waals surface area contributed by atoms with E-state index in [2.05, 4.69) is 46.8 Å². The summed E-state index contributed by atoms with van der Waals surface area (Å²) < 4.78 is 5.38. The number of thiophene rings is 1. The third kappa shape index (κ3) is 7.06. The van der Waals surface area contributed by atoms with Crippen molar-refractivity contribution >= 4 is 11.3 Å². The lowest BCUT2D eigenvalue weighted by atomic mass is 10.1. The molecule has 1 aromatic heterocycles. The summed E-state index contributed by atoms with van der Waals surface area (Å²) in [5.74, 6) is 6.87. The lowest BCUT2D eigenvalue weighted by Crippen LogP contribution is -2.52. The minimum absolute atomic E-state index is 0.201. The molecular formula is C25H34N2O3S. The van der Waals surface area contributed by atoms with Crippen molar-refractivity contribution in [3.05, 3.63) is 51.2 Å². The van der Waals surface area contributed by atoms with Gasteiger partial charge >= 0.3 is 0 Å². The molecule has 1 saturated heterocycles. The molecule has 5 nitrogen and oxygen atoms in total. The molecule has 0 radical (unpaired) electrons. The van der Waals surface area contributed by atoms with Crippen molar-refractivity contribution < 1.29 is 14.9 Å². The number of benzene rings is 1. The van der Waals surface area contributed by atoms with E-state index in [1.807, 2.05) is 12.1 Å². The van der Waals surface area contributed by atoms with E-state index in [9.17, 15) is 10.2 Å². The highest BCUT2D eigenvalue weighted by Crippen LogP contribution is 2.24. The van der Waals surface area contributed by atoms with E-state index in [1.54, 1.807) is 32.3 Å². The molecule has 0 amide bonds. The number of aliphatic hydroxyl groups excluding tert-OH is 1. The molecule has 2 heterocycles. The Labute approximate surface area is 190 Å². The average Bonchev–Trinajstić information content (AvgIpc) is 3.16.